The van der Waals surface area contributed by atoms with Crippen LogP contribution in [0.2, 0.25) is 0 Å². The van der Waals surface area contributed by atoms with Gasteiger partial charge in [-0.1, -0.05) is 37.3 Å². The number of hydrogen-bond acceptors (Lipinski definition) is 3. The molecule has 0 saturated carbocycles. The Morgan fingerprint density at radius 1 is 1.36 bits per heavy atom. The zero-order chi connectivity index (χ0) is 16.3. The molecule has 1 fully saturated rings. The molecule has 6 heteroatoms. The molecule has 0 bridgehead atoms. The summed E-state index contributed by atoms with van der Waals surface area (Å²) in [4.78, 5) is 13.6. The van der Waals surface area contributed by atoms with E-state index >= 15 is 0 Å². The van der Waals surface area contributed by atoms with E-state index in [9.17, 15) is 13.6 Å². The number of nitrogens with two attached hydrogens (primary N) is 1. The highest BCUT2D eigenvalue weighted by atomic mass is 19.3. The van der Waals surface area contributed by atoms with Crippen molar-refractivity contribution >= 4 is 6.09 Å². The number of carbonyl (C=O) groups excluding carboxylic acids is 1. The molecule has 1 amide bonds. The van der Waals surface area contributed by atoms with Crippen LogP contribution in [0.4, 0.5) is 13.6 Å². The van der Waals surface area contributed by atoms with Gasteiger partial charge in [-0.15, -0.1) is 0 Å². The van der Waals surface area contributed by atoms with Crippen LogP contribution in [0.15, 0.2) is 30.3 Å². The van der Waals surface area contributed by atoms with Crippen molar-refractivity contribution in [2.45, 2.75) is 32.4 Å². The summed E-state index contributed by atoms with van der Waals surface area (Å²) in [5.41, 5.74) is 6.36. The number of alkyl halides is 2. The fourth-order valence-electron chi connectivity index (χ4n) is 2.88. The smallest absolute Gasteiger partial charge is 0.410 e. The summed E-state index contributed by atoms with van der Waals surface area (Å²) >= 11 is 0. The van der Waals surface area contributed by atoms with Crippen LogP contribution in [0.25, 0.3) is 0 Å². The Labute approximate surface area is 129 Å². The van der Waals surface area contributed by atoms with Crippen LogP contribution >= 0.6 is 0 Å². The zero-order valence-corrected chi connectivity index (χ0v) is 12.8. The number of benzene rings is 1. The Balaban J connectivity index is 2.03. The van der Waals surface area contributed by atoms with Crippen molar-refractivity contribution in [3.8, 4) is 0 Å². The minimum Gasteiger partial charge on any atom is -0.445 e. The monoisotopic (exact) mass is 312 g/mol. The molecule has 3 atom stereocenters. The van der Waals surface area contributed by atoms with E-state index in [0.29, 0.717) is 0 Å². The van der Waals surface area contributed by atoms with Gasteiger partial charge in [0.1, 0.15) is 6.61 Å². The Morgan fingerprint density at radius 3 is 2.59 bits per heavy atom. The Kier molecular flexibility index (Phi) is 5.01. The normalized spacial score (nSPS) is 27.5. The van der Waals surface area contributed by atoms with Crippen LogP contribution in [0.1, 0.15) is 19.4 Å². The van der Waals surface area contributed by atoms with Gasteiger partial charge >= 0.3 is 6.09 Å². The lowest BCUT2D eigenvalue weighted by molar-refractivity contribution is -0.155. The first-order valence-electron chi connectivity index (χ1n) is 7.43. The Bertz CT molecular complexity index is 510. The number of rotatable bonds is 3. The van der Waals surface area contributed by atoms with Gasteiger partial charge in [-0.05, 0) is 12.5 Å². The number of halogens is 2. The van der Waals surface area contributed by atoms with Crippen LogP contribution in [0, 0.1) is 11.8 Å². The first kappa shape index (κ1) is 16.7. The summed E-state index contributed by atoms with van der Waals surface area (Å²) < 4.78 is 33.5. The molecule has 122 valence electrons. The fraction of sp³-hybridized carbons (Fsp3) is 0.562. The molecule has 4 nitrogen and oxygen atoms in total. The number of likely N-dealkylation sites (tertiary alicyclic amines) is 1. The van der Waals surface area contributed by atoms with E-state index in [-0.39, 0.29) is 19.7 Å². The van der Waals surface area contributed by atoms with E-state index in [1.54, 1.807) is 6.92 Å². The maximum absolute atomic E-state index is 14.1. The molecule has 1 aromatic carbocycles. The lowest BCUT2D eigenvalue weighted by Crippen LogP contribution is -2.61. The van der Waals surface area contributed by atoms with Gasteiger partial charge in [0.15, 0.2) is 0 Å². The summed E-state index contributed by atoms with van der Waals surface area (Å²) in [5, 5.41) is 0. The molecule has 1 aliphatic heterocycles. The molecule has 0 radical (unpaired) electrons. The molecule has 0 aliphatic carbocycles. The van der Waals surface area contributed by atoms with Crippen molar-refractivity contribution in [2.24, 2.45) is 17.6 Å². The minimum absolute atomic E-state index is 0.0295. The van der Waals surface area contributed by atoms with E-state index in [1.165, 1.54) is 11.8 Å². The second-order valence-corrected chi connectivity index (χ2v) is 5.85. The molecule has 1 saturated heterocycles. The third-order valence-electron chi connectivity index (χ3n) is 4.39. The summed E-state index contributed by atoms with van der Waals surface area (Å²) in [5.74, 6) is -4.87. The van der Waals surface area contributed by atoms with Crippen molar-refractivity contribution < 1.29 is 18.3 Å². The number of hydrogen-bond donors (Lipinski definition) is 1. The third-order valence-corrected chi connectivity index (χ3v) is 4.39. The van der Waals surface area contributed by atoms with Gasteiger partial charge < -0.3 is 15.4 Å². The molecule has 2 rings (SSSR count). The van der Waals surface area contributed by atoms with E-state index < -0.39 is 29.9 Å². The van der Waals surface area contributed by atoms with Gasteiger partial charge in [0.05, 0.1) is 5.92 Å². The van der Waals surface area contributed by atoms with E-state index in [4.69, 9.17) is 10.5 Å². The van der Waals surface area contributed by atoms with Crippen LogP contribution in [-0.4, -0.2) is 36.0 Å². The average Bonchev–Trinajstić information content (AvgIpc) is 2.50. The van der Waals surface area contributed by atoms with Gasteiger partial charge in [0, 0.05) is 25.0 Å². The van der Waals surface area contributed by atoms with Gasteiger partial charge in [-0.25, -0.2) is 13.6 Å². The standard InChI is InChI=1S/C16H22F2N2O2/c1-11-9-20(12(2)14(8-19)16(11,17)18)15(21)22-10-13-6-4-3-5-7-13/h3-7,11-12,14H,8-10,19H2,1-2H3/t11-,12-,14+/m0/s1. The molecule has 0 unspecified atom stereocenters. The predicted molar refractivity (Wildman–Crippen MR) is 79.5 cm³/mol. The minimum atomic E-state index is -2.87. The molecule has 22 heavy (non-hydrogen) atoms. The summed E-state index contributed by atoms with van der Waals surface area (Å²) in [6, 6.07) is 8.59. The number of amides is 1. The van der Waals surface area contributed by atoms with E-state index in [1.807, 2.05) is 30.3 Å². The SMILES string of the molecule is C[C@H]1[C@@H](CN)C(F)(F)[C@@H](C)CN1C(=O)OCc1ccccc1. The molecule has 1 heterocycles. The zero-order valence-electron chi connectivity index (χ0n) is 12.8. The second-order valence-electron chi connectivity index (χ2n) is 5.85. The molecule has 0 aromatic heterocycles. The van der Waals surface area contributed by atoms with Crippen LogP contribution < -0.4 is 5.73 Å². The average molecular weight is 312 g/mol. The van der Waals surface area contributed by atoms with Crippen LogP contribution in [0.3, 0.4) is 0 Å². The molecule has 1 aliphatic rings. The van der Waals surface area contributed by atoms with Gasteiger partial charge in [0.2, 0.25) is 0 Å². The molecular weight excluding hydrogens is 290 g/mol. The number of piperidine rings is 1. The van der Waals surface area contributed by atoms with Crippen LogP contribution in [0.5, 0.6) is 0 Å². The molecular formula is C16H22F2N2O2. The summed E-state index contributed by atoms with van der Waals surface area (Å²) in [6.45, 7) is 2.97. The number of ether oxygens (including phenoxy) is 1. The van der Waals surface area contributed by atoms with Crippen molar-refractivity contribution in [1.82, 2.24) is 4.90 Å². The second kappa shape index (κ2) is 6.60. The quantitative estimate of drug-likeness (QED) is 0.933. The largest absolute Gasteiger partial charge is 0.445 e. The summed E-state index contributed by atoms with van der Waals surface area (Å²) in [7, 11) is 0. The van der Waals surface area contributed by atoms with E-state index in [0.717, 1.165) is 5.56 Å². The van der Waals surface area contributed by atoms with Gasteiger partial charge in [-0.2, -0.15) is 0 Å². The Morgan fingerprint density at radius 2 is 2.00 bits per heavy atom. The van der Waals surface area contributed by atoms with Crippen LogP contribution in [-0.2, 0) is 11.3 Å². The van der Waals surface area contributed by atoms with Crippen molar-refractivity contribution in [2.75, 3.05) is 13.1 Å². The fourth-order valence-corrected chi connectivity index (χ4v) is 2.88. The number of nitrogens with zero attached hydrogens (tertiary/aromatic N) is 1. The molecule has 2 N–H and O–H groups in total. The van der Waals surface area contributed by atoms with E-state index in [2.05, 4.69) is 0 Å². The van der Waals surface area contributed by atoms with Crippen molar-refractivity contribution in [3.05, 3.63) is 35.9 Å². The highest BCUT2D eigenvalue weighted by Gasteiger charge is 2.53. The first-order valence-corrected chi connectivity index (χ1v) is 7.43. The molecule has 0 spiro atoms. The topological polar surface area (TPSA) is 55.6 Å². The lowest BCUT2D eigenvalue weighted by atomic mass is 9.81. The van der Waals surface area contributed by atoms with Crippen molar-refractivity contribution in [1.29, 1.82) is 0 Å². The van der Waals surface area contributed by atoms with Gasteiger partial charge in [-0.3, -0.25) is 0 Å². The van der Waals surface area contributed by atoms with Gasteiger partial charge in [0.25, 0.3) is 5.92 Å². The maximum atomic E-state index is 14.1. The third kappa shape index (κ3) is 3.21. The first-order chi connectivity index (χ1) is 10.4. The molecule has 1 aromatic rings. The summed E-state index contributed by atoms with van der Waals surface area (Å²) in [6.07, 6.45) is -0.572. The highest BCUT2D eigenvalue weighted by molar-refractivity contribution is 5.68. The van der Waals surface area contributed by atoms with Crippen molar-refractivity contribution in [3.63, 3.8) is 0 Å². The number of carbonyl (C=O) groups is 1. The predicted octanol–water partition coefficient (Wildman–Crippen LogP) is 2.87. The highest BCUT2D eigenvalue weighted by Crippen LogP contribution is 2.40. The Hall–Kier alpha value is -1.69. The maximum Gasteiger partial charge on any atom is 0.410 e. The lowest BCUT2D eigenvalue weighted by Gasteiger charge is -2.46.